The Hall–Kier alpha value is -3.82. The molecule has 0 saturated carbocycles. The van der Waals surface area contributed by atoms with Gasteiger partial charge in [-0.2, -0.15) is 0 Å². The number of halogens is 1. The lowest BCUT2D eigenvalue weighted by Crippen LogP contribution is -2.49. The summed E-state index contributed by atoms with van der Waals surface area (Å²) in [5, 5.41) is 19.2. The van der Waals surface area contributed by atoms with Gasteiger partial charge in [-0.3, -0.25) is 9.69 Å². The van der Waals surface area contributed by atoms with Crippen LogP contribution in [0.4, 0.5) is 4.39 Å². The second-order valence-electron chi connectivity index (χ2n) is 9.88. The van der Waals surface area contributed by atoms with Crippen LogP contribution in [0.2, 0.25) is 0 Å². The third kappa shape index (κ3) is 6.00. The molecule has 1 aliphatic rings. The molecule has 0 aliphatic carbocycles. The molecule has 0 fully saturated rings. The number of carboxylic acids is 1. The molecule has 2 aromatic carbocycles. The van der Waals surface area contributed by atoms with Crippen LogP contribution in [-0.2, 0) is 6.54 Å². The molecule has 0 unspecified atom stereocenters. The van der Waals surface area contributed by atoms with Gasteiger partial charge < -0.3 is 19.8 Å². The highest BCUT2D eigenvalue weighted by molar-refractivity contribution is 5.98. The predicted octanol–water partition coefficient (Wildman–Crippen LogP) is 3.94. The maximum Gasteiger partial charge on any atom is 0.335 e. The van der Waals surface area contributed by atoms with Crippen molar-refractivity contribution in [3.8, 4) is 17.0 Å². The lowest BCUT2D eigenvalue weighted by Gasteiger charge is -2.37. The Labute approximate surface area is 221 Å². The molecule has 4 rings (SSSR count). The van der Waals surface area contributed by atoms with Crippen LogP contribution in [0, 0.1) is 11.7 Å². The molecule has 38 heavy (non-hydrogen) atoms. The van der Waals surface area contributed by atoms with E-state index in [0.717, 1.165) is 5.56 Å². The van der Waals surface area contributed by atoms with E-state index < -0.39 is 17.8 Å². The first kappa shape index (κ1) is 27.2. The highest BCUT2D eigenvalue weighted by Gasteiger charge is 2.34. The Morgan fingerprint density at radius 3 is 2.68 bits per heavy atom. The minimum absolute atomic E-state index is 0.109. The zero-order valence-corrected chi connectivity index (χ0v) is 21.7. The number of likely N-dealkylation sites (N-methyl/N-ethyl adjacent to an activating group) is 1. The highest BCUT2D eigenvalue weighted by Crippen LogP contribution is 2.31. The standard InChI is InChI=1S/C29H32FN3O5/c1-18-14-33(19(2)17-34)28(35)24-12-22(23-9-4-5-10-25(23)30)13-31-27(24)38-26(18)16-32(3)15-20-7-6-8-21(11-20)29(36)37/h4-13,18-19,26,34H,14-17H2,1-3H3,(H,36,37)/t18-,19+,26+/m0/s1. The van der Waals surface area contributed by atoms with Gasteiger partial charge in [-0.1, -0.05) is 37.3 Å². The van der Waals surface area contributed by atoms with E-state index in [1.54, 1.807) is 54.3 Å². The Morgan fingerprint density at radius 1 is 1.21 bits per heavy atom. The van der Waals surface area contributed by atoms with Crippen LogP contribution >= 0.6 is 0 Å². The van der Waals surface area contributed by atoms with Crippen LogP contribution in [0.5, 0.6) is 5.88 Å². The number of aromatic nitrogens is 1. The maximum atomic E-state index is 14.5. The van der Waals surface area contributed by atoms with Crippen LogP contribution < -0.4 is 4.74 Å². The average Bonchev–Trinajstić information content (AvgIpc) is 2.90. The van der Waals surface area contributed by atoms with E-state index in [1.165, 1.54) is 12.3 Å². The number of ether oxygens (including phenoxy) is 1. The average molecular weight is 522 g/mol. The summed E-state index contributed by atoms with van der Waals surface area (Å²) in [5.41, 5.74) is 2.07. The van der Waals surface area contributed by atoms with Gasteiger partial charge in [0.05, 0.1) is 18.2 Å². The van der Waals surface area contributed by atoms with Crippen molar-refractivity contribution < 1.29 is 28.9 Å². The van der Waals surface area contributed by atoms with Gasteiger partial charge in [0, 0.05) is 42.9 Å². The van der Waals surface area contributed by atoms with E-state index in [-0.39, 0.29) is 41.5 Å². The van der Waals surface area contributed by atoms with Crippen LogP contribution in [0.1, 0.15) is 40.1 Å². The second-order valence-corrected chi connectivity index (χ2v) is 9.88. The molecule has 0 radical (unpaired) electrons. The van der Waals surface area contributed by atoms with Crippen molar-refractivity contribution in [2.75, 3.05) is 26.7 Å². The lowest BCUT2D eigenvalue weighted by atomic mass is 9.99. The van der Waals surface area contributed by atoms with E-state index in [2.05, 4.69) is 4.98 Å². The number of hydrogen-bond acceptors (Lipinski definition) is 6. The third-order valence-electron chi connectivity index (χ3n) is 6.82. The summed E-state index contributed by atoms with van der Waals surface area (Å²) in [6.45, 7) is 4.86. The summed E-state index contributed by atoms with van der Waals surface area (Å²) in [4.78, 5) is 33.0. The normalized spacial score (nSPS) is 18.4. The maximum absolute atomic E-state index is 14.5. The van der Waals surface area contributed by atoms with Crippen molar-refractivity contribution in [2.24, 2.45) is 5.92 Å². The number of carboxylic acid groups (broad SMARTS) is 1. The van der Waals surface area contributed by atoms with E-state index in [0.29, 0.717) is 30.8 Å². The molecule has 0 spiro atoms. The molecule has 0 saturated heterocycles. The summed E-state index contributed by atoms with van der Waals surface area (Å²) in [7, 11) is 1.91. The van der Waals surface area contributed by atoms with Gasteiger partial charge in [0.2, 0.25) is 5.88 Å². The summed E-state index contributed by atoms with van der Waals surface area (Å²) in [6.07, 6.45) is 1.13. The minimum atomic E-state index is -0.980. The Balaban J connectivity index is 1.64. The predicted molar refractivity (Wildman–Crippen MR) is 141 cm³/mol. The van der Waals surface area contributed by atoms with E-state index in [4.69, 9.17) is 4.74 Å². The first-order valence-corrected chi connectivity index (χ1v) is 12.5. The number of aromatic carboxylic acids is 1. The number of carbonyl (C=O) groups excluding carboxylic acids is 1. The van der Waals surface area contributed by atoms with Gasteiger partial charge in [-0.05, 0) is 43.8 Å². The first-order valence-electron chi connectivity index (χ1n) is 12.5. The molecule has 1 aliphatic heterocycles. The fourth-order valence-electron chi connectivity index (χ4n) is 4.65. The molecule has 3 aromatic rings. The molecular weight excluding hydrogens is 489 g/mol. The van der Waals surface area contributed by atoms with Crippen molar-refractivity contribution in [3.05, 3.63) is 83.3 Å². The number of fused-ring (bicyclic) bond motifs is 1. The third-order valence-corrected chi connectivity index (χ3v) is 6.82. The van der Waals surface area contributed by atoms with Crippen molar-refractivity contribution in [2.45, 2.75) is 32.5 Å². The number of nitrogens with zero attached hydrogens (tertiary/aromatic N) is 3. The number of pyridine rings is 1. The first-order chi connectivity index (χ1) is 18.2. The minimum Gasteiger partial charge on any atom is -0.478 e. The van der Waals surface area contributed by atoms with Gasteiger partial charge in [-0.25, -0.2) is 14.2 Å². The summed E-state index contributed by atoms with van der Waals surface area (Å²) >= 11 is 0. The fourth-order valence-corrected chi connectivity index (χ4v) is 4.65. The van der Waals surface area contributed by atoms with Gasteiger partial charge in [0.15, 0.2) is 0 Å². The highest BCUT2D eigenvalue weighted by atomic mass is 19.1. The number of amides is 1. The Morgan fingerprint density at radius 2 is 1.97 bits per heavy atom. The second kappa shape index (κ2) is 11.7. The van der Waals surface area contributed by atoms with Crippen molar-refractivity contribution >= 4 is 11.9 Å². The van der Waals surface area contributed by atoms with Crippen molar-refractivity contribution in [1.29, 1.82) is 0 Å². The number of carbonyl (C=O) groups is 2. The number of benzene rings is 2. The molecule has 9 heteroatoms. The zero-order valence-electron chi connectivity index (χ0n) is 21.7. The smallest absolute Gasteiger partial charge is 0.335 e. The monoisotopic (exact) mass is 521 g/mol. The van der Waals surface area contributed by atoms with Crippen LogP contribution in [0.15, 0.2) is 60.8 Å². The van der Waals surface area contributed by atoms with E-state index in [9.17, 15) is 24.2 Å². The molecule has 2 N–H and O–H groups in total. The van der Waals surface area contributed by atoms with E-state index in [1.807, 2.05) is 24.9 Å². The van der Waals surface area contributed by atoms with Crippen LogP contribution in [0.3, 0.4) is 0 Å². The van der Waals surface area contributed by atoms with Crippen LogP contribution in [-0.4, -0.2) is 75.8 Å². The quantitative estimate of drug-likeness (QED) is 0.463. The molecular formula is C29H32FN3O5. The number of aliphatic hydroxyl groups excluding tert-OH is 1. The number of rotatable bonds is 8. The number of aliphatic hydroxyl groups is 1. The fraction of sp³-hybridized carbons (Fsp3) is 0.345. The molecule has 200 valence electrons. The Bertz CT molecular complexity index is 1320. The van der Waals surface area contributed by atoms with Crippen LogP contribution in [0.25, 0.3) is 11.1 Å². The van der Waals surface area contributed by atoms with Gasteiger partial charge >= 0.3 is 5.97 Å². The zero-order chi connectivity index (χ0) is 27.4. The molecule has 3 atom stereocenters. The molecule has 8 nitrogen and oxygen atoms in total. The molecule has 2 heterocycles. The molecule has 1 aromatic heterocycles. The van der Waals surface area contributed by atoms with E-state index >= 15 is 0 Å². The number of hydrogen-bond donors (Lipinski definition) is 2. The topological polar surface area (TPSA) is 103 Å². The lowest BCUT2D eigenvalue weighted by molar-refractivity contribution is 0.0325. The van der Waals surface area contributed by atoms with Gasteiger partial charge in [0.1, 0.15) is 17.5 Å². The summed E-state index contributed by atoms with van der Waals surface area (Å²) < 4.78 is 20.8. The van der Waals surface area contributed by atoms with Crippen molar-refractivity contribution in [1.82, 2.24) is 14.8 Å². The molecule has 0 bridgehead atoms. The Kier molecular flexibility index (Phi) is 8.38. The van der Waals surface area contributed by atoms with Gasteiger partial charge in [-0.15, -0.1) is 0 Å². The summed E-state index contributed by atoms with van der Waals surface area (Å²) in [6, 6.07) is 14.2. The largest absolute Gasteiger partial charge is 0.478 e. The summed E-state index contributed by atoms with van der Waals surface area (Å²) in [5.74, 6) is -1.69. The van der Waals surface area contributed by atoms with Gasteiger partial charge in [0.25, 0.3) is 5.91 Å². The molecule has 1 amide bonds. The SMILES string of the molecule is C[C@H](CO)N1C[C@H](C)[C@@H](CN(C)Cc2cccc(C(=O)O)c2)Oc2ncc(-c3ccccc3F)cc2C1=O. The van der Waals surface area contributed by atoms with Crippen molar-refractivity contribution in [3.63, 3.8) is 0 Å².